The molecular weight excluding hydrogens is 250 g/mol. The second-order valence-electron chi connectivity index (χ2n) is 5.88. The van der Waals surface area contributed by atoms with Crippen LogP contribution in [0.3, 0.4) is 0 Å². The highest BCUT2D eigenvalue weighted by Gasteiger charge is 2.33. The molecule has 0 aromatic rings. The fourth-order valence-electron chi connectivity index (χ4n) is 1.53. The van der Waals surface area contributed by atoms with Gasteiger partial charge in [-0.15, -0.1) is 0 Å². The fraction of sp³-hybridized carbons (Fsp3) is 0.750. The van der Waals surface area contributed by atoms with Crippen molar-refractivity contribution in [2.75, 3.05) is 0 Å². The Kier molecular flexibility index (Phi) is 5.80. The smallest absolute Gasteiger partial charge is 0.326 e. The number of rotatable bonds is 5. The number of primary amides is 1. The number of carboxylic acids is 1. The average Bonchev–Trinajstić information content (AvgIpc) is 2.19. The van der Waals surface area contributed by atoms with Crippen LogP contribution in [0.5, 0.6) is 0 Å². The standard InChI is InChI=1S/C12H23N3O4/c1-6(2)7(9(13)16)14-11(19)15-8(10(17)18)12(3,4)5/h6-8H,1-5H3,(H2,13,16)(H,17,18)(H2,14,15,19)/t7?,8-/m0/s1. The Morgan fingerprint density at radius 1 is 1.11 bits per heavy atom. The molecule has 0 spiro atoms. The van der Waals surface area contributed by atoms with E-state index in [9.17, 15) is 14.4 Å². The zero-order valence-corrected chi connectivity index (χ0v) is 12.0. The molecule has 3 amide bonds. The zero-order chi connectivity index (χ0) is 15.4. The lowest BCUT2D eigenvalue weighted by Crippen LogP contribution is -2.57. The molecule has 110 valence electrons. The van der Waals surface area contributed by atoms with Crippen molar-refractivity contribution in [2.24, 2.45) is 17.1 Å². The van der Waals surface area contributed by atoms with Crippen molar-refractivity contribution in [3.63, 3.8) is 0 Å². The van der Waals surface area contributed by atoms with Gasteiger partial charge < -0.3 is 21.5 Å². The van der Waals surface area contributed by atoms with Gasteiger partial charge in [-0.3, -0.25) is 4.79 Å². The Morgan fingerprint density at radius 3 is 1.84 bits per heavy atom. The van der Waals surface area contributed by atoms with Gasteiger partial charge in [-0.25, -0.2) is 9.59 Å². The van der Waals surface area contributed by atoms with Crippen LogP contribution in [0.1, 0.15) is 34.6 Å². The van der Waals surface area contributed by atoms with Crippen LogP contribution in [-0.4, -0.2) is 35.1 Å². The molecule has 7 heteroatoms. The van der Waals surface area contributed by atoms with E-state index in [0.717, 1.165) is 0 Å². The van der Waals surface area contributed by atoms with E-state index in [1.807, 2.05) is 0 Å². The summed E-state index contributed by atoms with van der Waals surface area (Å²) in [5.74, 6) is -1.98. The van der Waals surface area contributed by atoms with Crippen LogP contribution in [0.2, 0.25) is 0 Å². The van der Waals surface area contributed by atoms with Crippen molar-refractivity contribution in [2.45, 2.75) is 46.7 Å². The van der Waals surface area contributed by atoms with E-state index in [2.05, 4.69) is 10.6 Å². The first-order valence-corrected chi connectivity index (χ1v) is 6.06. The molecule has 2 atom stereocenters. The second kappa shape index (κ2) is 6.40. The van der Waals surface area contributed by atoms with Gasteiger partial charge in [0.1, 0.15) is 12.1 Å². The number of aliphatic carboxylic acids is 1. The van der Waals surface area contributed by atoms with Gasteiger partial charge in [0.2, 0.25) is 5.91 Å². The zero-order valence-electron chi connectivity index (χ0n) is 12.0. The molecule has 0 saturated heterocycles. The Balaban J connectivity index is 4.76. The van der Waals surface area contributed by atoms with Crippen molar-refractivity contribution in [1.29, 1.82) is 0 Å². The van der Waals surface area contributed by atoms with Crippen molar-refractivity contribution < 1.29 is 19.5 Å². The third-order valence-corrected chi connectivity index (χ3v) is 2.65. The molecule has 0 aliphatic carbocycles. The number of carbonyl (C=O) groups is 3. The summed E-state index contributed by atoms with van der Waals surface area (Å²) in [5.41, 5.74) is 4.51. The van der Waals surface area contributed by atoms with E-state index >= 15 is 0 Å². The van der Waals surface area contributed by atoms with Gasteiger partial charge in [0.25, 0.3) is 0 Å². The number of nitrogens with two attached hydrogens (primary N) is 1. The topological polar surface area (TPSA) is 122 Å². The van der Waals surface area contributed by atoms with Crippen LogP contribution >= 0.6 is 0 Å². The maximum Gasteiger partial charge on any atom is 0.326 e. The molecule has 19 heavy (non-hydrogen) atoms. The Morgan fingerprint density at radius 2 is 1.58 bits per heavy atom. The third-order valence-electron chi connectivity index (χ3n) is 2.65. The molecule has 0 aromatic carbocycles. The number of amides is 3. The monoisotopic (exact) mass is 273 g/mol. The molecule has 0 radical (unpaired) electrons. The summed E-state index contributed by atoms with van der Waals surface area (Å²) in [7, 11) is 0. The van der Waals surface area contributed by atoms with Crippen LogP contribution in [0.15, 0.2) is 0 Å². The quantitative estimate of drug-likeness (QED) is 0.575. The highest BCUT2D eigenvalue weighted by molar-refractivity contribution is 5.88. The van der Waals surface area contributed by atoms with Crippen molar-refractivity contribution in [3.05, 3.63) is 0 Å². The van der Waals surface area contributed by atoms with Crippen LogP contribution in [0.25, 0.3) is 0 Å². The molecule has 1 unspecified atom stereocenters. The first-order valence-electron chi connectivity index (χ1n) is 6.06. The van der Waals surface area contributed by atoms with E-state index in [0.29, 0.717) is 0 Å². The lowest BCUT2D eigenvalue weighted by Gasteiger charge is -2.29. The minimum Gasteiger partial charge on any atom is -0.480 e. The number of urea groups is 1. The minimum absolute atomic E-state index is 0.179. The third kappa shape index (κ3) is 5.58. The Bertz CT molecular complexity index is 360. The molecule has 0 heterocycles. The summed E-state index contributed by atoms with van der Waals surface area (Å²) in [4.78, 5) is 34.0. The predicted octanol–water partition coefficient (Wildman–Crippen LogP) is 0.295. The molecule has 0 aliphatic rings. The van der Waals surface area contributed by atoms with Crippen LogP contribution in [0, 0.1) is 11.3 Å². The normalized spacial score (nSPS) is 14.6. The second-order valence-corrected chi connectivity index (χ2v) is 5.88. The van der Waals surface area contributed by atoms with Gasteiger partial charge >= 0.3 is 12.0 Å². The summed E-state index contributed by atoms with van der Waals surface area (Å²) >= 11 is 0. The number of hydrogen-bond donors (Lipinski definition) is 4. The molecule has 0 aliphatic heterocycles. The highest BCUT2D eigenvalue weighted by Crippen LogP contribution is 2.19. The molecule has 0 fully saturated rings. The van der Waals surface area contributed by atoms with E-state index in [4.69, 9.17) is 10.8 Å². The first-order chi connectivity index (χ1) is 8.46. The molecule has 0 rings (SSSR count). The van der Waals surface area contributed by atoms with E-state index in [1.165, 1.54) is 0 Å². The number of carbonyl (C=O) groups excluding carboxylic acids is 2. The van der Waals surface area contributed by atoms with E-state index in [1.54, 1.807) is 34.6 Å². The molecule has 0 saturated carbocycles. The van der Waals surface area contributed by atoms with Crippen LogP contribution < -0.4 is 16.4 Å². The maximum absolute atomic E-state index is 11.7. The van der Waals surface area contributed by atoms with E-state index < -0.39 is 35.4 Å². The van der Waals surface area contributed by atoms with Gasteiger partial charge in [0.15, 0.2) is 0 Å². The van der Waals surface area contributed by atoms with Crippen molar-refractivity contribution >= 4 is 17.9 Å². The van der Waals surface area contributed by atoms with Gasteiger partial charge in [-0.05, 0) is 11.3 Å². The lowest BCUT2D eigenvalue weighted by atomic mass is 9.87. The Hall–Kier alpha value is -1.79. The summed E-state index contributed by atoms with van der Waals surface area (Å²) in [5, 5.41) is 13.8. The minimum atomic E-state index is -1.14. The van der Waals surface area contributed by atoms with Crippen molar-refractivity contribution in [1.82, 2.24) is 10.6 Å². The average molecular weight is 273 g/mol. The lowest BCUT2D eigenvalue weighted by molar-refractivity contribution is -0.141. The van der Waals surface area contributed by atoms with Crippen LogP contribution in [-0.2, 0) is 9.59 Å². The first kappa shape index (κ1) is 17.2. The van der Waals surface area contributed by atoms with Crippen molar-refractivity contribution in [3.8, 4) is 0 Å². The SMILES string of the molecule is CC(C)C(NC(=O)N[C@@H](C(=O)O)C(C)(C)C)C(N)=O. The van der Waals surface area contributed by atoms with Crippen LogP contribution in [0.4, 0.5) is 4.79 Å². The number of hydrogen-bond acceptors (Lipinski definition) is 3. The fourth-order valence-corrected chi connectivity index (χ4v) is 1.53. The van der Waals surface area contributed by atoms with Gasteiger partial charge in [0, 0.05) is 0 Å². The molecule has 0 bridgehead atoms. The van der Waals surface area contributed by atoms with Gasteiger partial charge in [-0.1, -0.05) is 34.6 Å². The Labute approximate surface area is 112 Å². The number of nitrogens with one attached hydrogen (secondary N) is 2. The van der Waals surface area contributed by atoms with Gasteiger partial charge in [-0.2, -0.15) is 0 Å². The molecule has 0 aromatic heterocycles. The molecule has 5 N–H and O–H groups in total. The number of carboxylic acid groups (broad SMARTS) is 1. The highest BCUT2D eigenvalue weighted by atomic mass is 16.4. The predicted molar refractivity (Wildman–Crippen MR) is 70.4 cm³/mol. The summed E-state index contributed by atoms with van der Waals surface area (Å²) in [6.07, 6.45) is 0. The molecule has 7 nitrogen and oxygen atoms in total. The summed E-state index contributed by atoms with van der Waals surface area (Å²) in [6.45, 7) is 8.54. The maximum atomic E-state index is 11.7. The summed E-state index contributed by atoms with van der Waals surface area (Å²) < 4.78 is 0. The van der Waals surface area contributed by atoms with E-state index in [-0.39, 0.29) is 5.92 Å². The van der Waals surface area contributed by atoms with Gasteiger partial charge in [0.05, 0.1) is 0 Å². The molecular formula is C12H23N3O4. The largest absolute Gasteiger partial charge is 0.480 e. The summed E-state index contributed by atoms with van der Waals surface area (Å²) in [6, 6.07) is -2.62.